The molecule has 0 N–H and O–H groups in total. The average molecular weight is 324 g/mol. The standard InChI is InChI=1S/C18H20N4O2/c1-2-5-14(6-3-1)17-15(8-12-23-17)18-21-20-16(24-18)7-4-10-22-11-9-19-13-22/h1-3,5-6,9,11,13,15,17H,4,7-8,10,12H2/t15-,17+/m0/s1. The molecule has 6 heteroatoms. The molecule has 0 bridgehead atoms. The Labute approximate surface area is 140 Å². The van der Waals surface area contributed by atoms with E-state index in [1.165, 1.54) is 5.56 Å². The van der Waals surface area contributed by atoms with Crippen molar-refractivity contribution in [2.24, 2.45) is 0 Å². The van der Waals surface area contributed by atoms with Crippen LogP contribution in [0.15, 0.2) is 53.5 Å². The molecule has 6 nitrogen and oxygen atoms in total. The van der Waals surface area contributed by atoms with E-state index in [9.17, 15) is 0 Å². The van der Waals surface area contributed by atoms with Gasteiger partial charge in [0.1, 0.15) is 0 Å². The molecule has 1 aliphatic rings. The molecule has 0 unspecified atom stereocenters. The van der Waals surface area contributed by atoms with Gasteiger partial charge in [0, 0.05) is 32.0 Å². The molecule has 1 aliphatic heterocycles. The van der Waals surface area contributed by atoms with Crippen LogP contribution in [0.5, 0.6) is 0 Å². The maximum Gasteiger partial charge on any atom is 0.222 e. The molecule has 124 valence electrons. The molecule has 0 aliphatic carbocycles. The largest absolute Gasteiger partial charge is 0.425 e. The summed E-state index contributed by atoms with van der Waals surface area (Å²) in [5.74, 6) is 1.53. The summed E-state index contributed by atoms with van der Waals surface area (Å²) in [4.78, 5) is 4.04. The first-order valence-electron chi connectivity index (χ1n) is 8.35. The van der Waals surface area contributed by atoms with Crippen molar-refractivity contribution in [2.75, 3.05) is 6.61 Å². The number of hydrogen-bond donors (Lipinski definition) is 0. The van der Waals surface area contributed by atoms with Crippen molar-refractivity contribution in [2.45, 2.75) is 37.8 Å². The maximum absolute atomic E-state index is 5.91. The molecule has 4 rings (SSSR count). The third-order valence-corrected chi connectivity index (χ3v) is 4.39. The van der Waals surface area contributed by atoms with Gasteiger partial charge in [-0.15, -0.1) is 10.2 Å². The summed E-state index contributed by atoms with van der Waals surface area (Å²) in [7, 11) is 0. The summed E-state index contributed by atoms with van der Waals surface area (Å²) >= 11 is 0. The van der Waals surface area contributed by atoms with Gasteiger partial charge in [-0.25, -0.2) is 4.98 Å². The van der Waals surface area contributed by atoms with Gasteiger partial charge in [-0.2, -0.15) is 0 Å². The second kappa shape index (κ2) is 6.97. The van der Waals surface area contributed by atoms with E-state index >= 15 is 0 Å². The molecule has 3 heterocycles. The molecular formula is C18H20N4O2. The average Bonchev–Trinajstić information content (AvgIpc) is 3.37. The van der Waals surface area contributed by atoms with Crippen molar-refractivity contribution in [3.63, 3.8) is 0 Å². The summed E-state index contributed by atoms with van der Waals surface area (Å²) in [5, 5.41) is 8.48. The monoisotopic (exact) mass is 324 g/mol. The molecule has 1 fully saturated rings. The van der Waals surface area contributed by atoms with E-state index in [0.717, 1.165) is 32.4 Å². The van der Waals surface area contributed by atoms with Gasteiger partial charge in [0.05, 0.1) is 18.3 Å². The Kier molecular flexibility index (Phi) is 4.38. The number of hydrogen-bond acceptors (Lipinski definition) is 5. The molecule has 0 amide bonds. The first-order valence-corrected chi connectivity index (χ1v) is 8.35. The maximum atomic E-state index is 5.91. The Morgan fingerprint density at radius 3 is 2.92 bits per heavy atom. The van der Waals surface area contributed by atoms with E-state index in [-0.39, 0.29) is 12.0 Å². The van der Waals surface area contributed by atoms with E-state index < -0.39 is 0 Å². The smallest absolute Gasteiger partial charge is 0.222 e. The number of imidazole rings is 1. The predicted octanol–water partition coefficient (Wildman–Crippen LogP) is 3.14. The number of aryl methyl sites for hydroxylation is 2. The summed E-state index contributed by atoms with van der Waals surface area (Å²) < 4.78 is 13.9. The zero-order chi connectivity index (χ0) is 16.2. The molecule has 1 saturated heterocycles. The van der Waals surface area contributed by atoms with Crippen molar-refractivity contribution in [1.29, 1.82) is 0 Å². The summed E-state index contributed by atoms with van der Waals surface area (Å²) in [6.45, 7) is 1.62. The van der Waals surface area contributed by atoms with Crippen molar-refractivity contribution in [3.05, 3.63) is 66.4 Å². The minimum atomic E-state index is 0.00505. The zero-order valence-electron chi connectivity index (χ0n) is 13.4. The van der Waals surface area contributed by atoms with Crippen LogP contribution in [0.2, 0.25) is 0 Å². The summed E-state index contributed by atoms with van der Waals surface area (Å²) in [6, 6.07) is 10.3. The first-order chi connectivity index (χ1) is 11.9. The normalized spacial score (nSPS) is 20.5. The highest BCUT2D eigenvalue weighted by molar-refractivity contribution is 5.21. The Morgan fingerprint density at radius 2 is 2.08 bits per heavy atom. The van der Waals surface area contributed by atoms with Gasteiger partial charge in [0.2, 0.25) is 11.8 Å². The van der Waals surface area contributed by atoms with E-state index in [4.69, 9.17) is 9.15 Å². The molecular weight excluding hydrogens is 304 g/mol. The number of benzene rings is 1. The van der Waals surface area contributed by atoms with Crippen LogP contribution in [0.4, 0.5) is 0 Å². The van der Waals surface area contributed by atoms with Crippen LogP contribution in [0.1, 0.15) is 42.2 Å². The molecule has 0 saturated carbocycles. The Morgan fingerprint density at radius 1 is 1.17 bits per heavy atom. The third kappa shape index (κ3) is 3.23. The first kappa shape index (κ1) is 15.1. The highest BCUT2D eigenvalue weighted by atomic mass is 16.5. The van der Waals surface area contributed by atoms with Crippen LogP contribution >= 0.6 is 0 Å². The van der Waals surface area contributed by atoms with Crippen LogP contribution in [0, 0.1) is 0 Å². The quantitative estimate of drug-likeness (QED) is 0.697. The lowest BCUT2D eigenvalue weighted by atomic mass is 9.95. The number of nitrogens with zero attached hydrogens (tertiary/aromatic N) is 4. The van der Waals surface area contributed by atoms with Crippen LogP contribution < -0.4 is 0 Å². The lowest BCUT2D eigenvalue weighted by Crippen LogP contribution is -2.06. The van der Waals surface area contributed by atoms with Gasteiger partial charge < -0.3 is 13.7 Å². The van der Waals surface area contributed by atoms with Gasteiger partial charge in [-0.1, -0.05) is 30.3 Å². The van der Waals surface area contributed by atoms with E-state index in [2.05, 4.69) is 27.3 Å². The molecule has 2 aromatic heterocycles. The van der Waals surface area contributed by atoms with E-state index in [1.54, 1.807) is 6.20 Å². The van der Waals surface area contributed by atoms with Gasteiger partial charge >= 0.3 is 0 Å². The SMILES string of the molecule is c1ccc([C@H]2OCC[C@@H]2c2nnc(CCCn3ccnc3)o2)cc1. The fraction of sp³-hybridized carbons (Fsp3) is 0.389. The lowest BCUT2D eigenvalue weighted by Gasteiger charge is -2.15. The fourth-order valence-corrected chi connectivity index (χ4v) is 3.16. The summed E-state index contributed by atoms with van der Waals surface area (Å²) in [6.07, 6.45) is 8.20. The molecule has 2 atom stereocenters. The molecule has 3 aromatic rings. The van der Waals surface area contributed by atoms with E-state index in [1.807, 2.05) is 35.3 Å². The number of rotatable bonds is 6. The van der Waals surface area contributed by atoms with Gasteiger partial charge in [0.15, 0.2) is 0 Å². The second-order valence-corrected chi connectivity index (χ2v) is 6.04. The van der Waals surface area contributed by atoms with Gasteiger partial charge in [-0.05, 0) is 18.4 Å². The summed E-state index contributed by atoms with van der Waals surface area (Å²) in [5.41, 5.74) is 1.17. The number of ether oxygens (including phenoxy) is 1. The Balaban J connectivity index is 1.40. The van der Waals surface area contributed by atoms with Crippen LogP contribution in [-0.2, 0) is 17.7 Å². The second-order valence-electron chi connectivity index (χ2n) is 6.04. The third-order valence-electron chi connectivity index (χ3n) is 4.39. The molecule has 0 spiro atoms. The van der Waals surface area contributed by atoms with Gasteiger partial charge in [0.25, 0.3) is 0 Å². The van der Waals surface area contributed by atoms with Crippen molar-refractivity contribution < 1.29 is 9.15 Å². The number of aromatic nitrogens is 4. The van der Waals surface area contributed by atoms with Crippen molar-refractivity contribution in [1.82, 2.24) is 19.7 Å². The Bertz CT molecular complexity index is 754. The lowest BCUT2D eigenvalue weighted by molar-refractivity contribution is 0.0997. The van der Waals surface area contributed by atoms with Crippen LogP contribution in [0.3, 0.4) is 0 Å². The molecule has 1 aromatic carbocycles. The predicted molar refractivity (Wildman–Crippen MR) is 87.3 cm³/mol. The highest BCUT2D eigenvalue weighted by Gasteiger charge is 2.34. The minimum absolute atomic E-state index is 0.00505. The Hall–Kier alpha value is -2.47. The zero-order valence-corrected chi connectivity index (χ0v) is 13.4. The van der Waals surface area contributed by atoms with E-state index in [0.29, 0.717) is 11.8 Å². The fourth-order valence-electron chi connectivity index (χ4n) is 3.16. The minimum Gasteiger partial charge on any atom is -0.425 e. The van der Waals surface area contributed by atoms with Crippen LogP contribution in [-0.4, -0.2) is 26.4 Å². The topological polar surface area (TPSA) is 66.0 Å². The molecule has 24 heavy (non-hydrogen) atoms. The van der Waals surface area contributed by atoms with Gasteiger partial charge in [-0.3, -0.25) is 0 Å². The highest BCUT2D eigenvalue weighted by Crippen LogP contribution is 2.40. The van der Waals surface area contributed by atoms with Crippen molar-refractivity contribution >= 4 is 0 Å². The molecule has 0 radical (unpaired) electrons. The van der Waals surface area contributed by atoms with Crippen LogP contribution in [0.25, 0.3) is 0 Å². The van der Waals surface area contributed by atoms with Crippen molar-refractivity contribution in [3.8, 4) is 0 Å².